The van der Waals surface area contributed by atoms with E-state index < -0.39 is 0 Å². The van der Waals surface area contributed by atoms with Gasteiger partial charge in [-0.2, -0.15) is 5.10 Å². The molecule has 7 heteroatoms. The van der Waals surface area contributed by atoms with Gasteiger partial charge in [-0.3, -0.25) is 4.79 Å². The van der Waals surface area contributed by atoms with Gasteiger partial charge in [0.05, 0.1) is 24.2 Å². The molecule has 2 heterocycles. The smallest absolute Gasteiger partial charge is 0.283 e. The van der Waals surface area contributed by atoms with Gasteiger partial charge in [-0.1, -0.05) is 29.3 Å². The van der Waals surface area contributed by atoms with Crippen LogP contribution in [-0.4, -0.2) is 30.8 Å². The molecular formula is C17H20Cl2N3OS+. The average Bonchev–Trinajstić information content (AvgIpc) is 2.89. The number of benzene rings is 1. The number of nitrogens with zero attached hydrogens (tertiary/aromatic N) is 1. The molecule has 1 aliphatic heterocycles. The molecule has 2 N–H and O–H groups in total. The Kier molecular flexibility index (Phi) is 5.45. The standard InChI is InChI=1S/C17H19Cl2N3OS/c1-10(2)22-7-5-12(6-8-22)20-21-17(23)16-15(19)13-4-3-11(18)9-14(13)24-16/h3-4,9-10H,5-8H2,1-2H3,(H,21,23)/p+1. The van der Waals surface area contributed by atoms with E-state index in [1.165, 1.54) is 11.3 Å². The molecule has 0 spiro atoms. The molecule has 128 valence electrons. The molecular weight excluding hydrogens is 365 g/mol. The molecule has 0 radical (unpaired) electrons. The second-order valence-corrected chi connectivity index (χ2v) is 8.18. The van der Waals surface area contributed by atoms with Gasteiger partial charge in [0, 0.05) is 33.7 Å². The summed E-state index contributed by atoms with van der Waals surface area (Å²) < 4.78 is 0.902. The van der Waals surface area contributed by atoms with Gasteiger partial charge in [-0.15, -0.1) is 11.3 Å². The van der Waals surface area contributed by atoms with Gasteiger partial charge in [-0.25, -0.2) is 5.43 Å². The first-order valence-corrected chi connectivity index (χ1v) is 9.61. The fourth-order valence-corrected chi connectivity index (χ4v) is 4.60. The molecule has 1 saturated heterocycles. The number of likely N-dealkylation sites (tertiary alicyclic amines) is 1. The van der Waals surface area contributed by atoms with E-state index in [1.54, 1.807) is 11.0 Å². The Morgan fingerprint density at radius 1 is 1.29 bits per heavy atom. The summed E-state index contributed by atoms with van der Waals surface area (Å²) in [6.45, 7) is 6.59. The Morgan fingerprint density at radius 2 is 2.00 bits per heavy atom. The summed E-state index contributed by atoms with van der Waals surface area (Å²) in [4.78, 5) is 14.5. The van der Waals surface area contributed by atoms with E-state index in [2.05, 4.69) is 24.4 Å². The summed E-state index contributed by atoms with van der Waals surface area (Å²) in [5.41, 5.74) is 3.71. The Balaban J connectivity index is 1.70. The number of fused-ring (bicyclic) bond motifs is 1. The normalized spacial score (nSPS) is 18.2. The van der Waals surface area contributed by atoms with Crippen LogP contribution in [0, 0.1) is 0 Å². The summed E-state index contributed by atoms with van der Waals surface area (Å²) in [6, 6.07) is 6.06. The average molecular weight is 385 g/mol. The number of rotatable bonds is 3. The van der Waals surface area contributed by atoms with Crippen molar-refractivity contribution in [1.29, 1.82) is 0 Å². The van der Waals surface area contributed by atoms with Crippen LogP contribution in [0.2, 0.25) is 10.0 Å². The van der Waals surface area contributed by atoms with Crippen molar-refractivity contribution >= 4 is 56.2 Å². The van der Waals surface area contributed by atoms with Crippen molar-refractivity contribution in [1.82, 2.24) is 5.43 Å². The minimum absolute atomic E-state index is 0.261. The number of halogens is 2. The topological polar surface area (TPSA) is 45.9 Å². The summed E-state index contributed by atoms with van der Waals surface area (Å²) in [5.74, 6) is -0.261. The number of hydrogen-bond acceptors (Lipinski definition) is 3. The molecule has 0 atom stereocenters. The van der Waals surface area contributed by atoms with Crippen LogP contribution < -0.4 is 10.3 Å². The van der Waals surface area contributed by atoms with Crippen molar-refractivity contribution in [3.05, 3.63) is 33.1 Å². The second kappa shape index (κ2) is 7.40. The van der Waals surface area contributed by atoms with Crippen LogP contribution in [0.15, 0.2) is 23.3 Å². The van der Waals surface area contributed by atoms with E-state index in [9.17, 15) is 4.79 Å². The number of amides is 1. The van der Waals surface area contributed by atoms with Crippen LogP contribution >= 0.6 is 34.5 Å². The molecule has 3 rings (SSSR count). The van der Waals surface area contributed by atoms with Crippen LogP contribution in [0.5, 0.6) is 0 Å². The van der Waals surface area contributed by atoms with Crippen molar-refractivity contribution in [2.24, 2.45) is 5.10 Å². The predicted octanol–water partition coefficient (Wildman–Crippen LogP) is 3.38. The quantitative estimate of drug-likeness (QED) is 0.782. The maximum absolute atomic E-state index is 12.4. The zero-order valence-electron chi connectivity index (χ0n) is 13.7. The lowest BCUT2D eigenvalue weighted by atomic mass is 10.1. The number of carbonyl (C=O) groups is 1. The highest BCUT2D eigenvalue weighted by Gasteiger charge is 2.21. The van der Waals surface area contributed by atoms with Crippen molar-refractivity contribution in [3.63, 3.8) is 0 Å². The Labute approximate surface area is 155 Å². The number of piperidine rings is 1. The first kappa shape index (κ1) is 17.7. The summed E-state index contributed by atoms with van der Waals surface area (Å²) in [5, 5.41) is 6.25. The fourth-order valence-electron chi connectivity index (χ4n) is 2.91. The number of hydrazone groups is 1. The number of thiophene rings is 1. The van der Waals surface area contributed by atoms with Gasteiger partial charge in [-0.05, 0) is 26.0 Å². The highest BCUT2D eigenvalue weighted by atomic mass is 35.5. The number of carbonyl (C=O) groups excluding carboxylic acids is 1. The van der Waals surface area contributed by atoms with E-state index in [0.29, 0.717) is 21.0 Å². The van der Waals surface area contributed by atoms with Gasteiger partial charge in [0.15, 0.2) is 0 Å². The zero-order valence-corrected chi connectivity index (χ0v) is 16.0. The largest absolute Gasteiger partial charge is 0.332 e. The highest BCUT2D eigenvalue weighted by molar-refractivity contribution is 7.21. The molecule has 0 bridgehead atoms. The minimum Gasteiger partial charge on any atom is -0.332 e. The highest BCUT2D eigenvalue weighted by Crippen LogP contribution is 2.36. The fraction of sp³-hybridized carbons (Fsp3) is 0.412. The minimum atomic E-state index is -0.261. The van der Waals surface area contributed by atoms with Crippen molar-refractivity contribution in [2.45, 2.75) is 32.7 Å². The third-order valence-electron chi connectivity index (χ3n) is 4.40. The summed E-state index contributed by atoms with van der Waals surface area (Å²) in [7, 11) is 0. The lowest BCUT2D eigenvalue weighted by molar-refractivity contribution is -0.922. The maximum atomic E-state index is 12.4. The SMILES string of the molecule is CC(C)[NH+]1CCC(=NNC(=O)c2sc3cc(Cl)ccc3c2Cl)CC1. The van der Waals surface area contributed by atoms with E-state index in [0.717, 1.165) is 41.7 Å². The van der Waals surface area contributed by atoms with Gasteiger partial charge < -0.3 is 4.90 Å². The number of nitrogens with one attached hydrogen (secondary N) is 2. The Bertz CT molecular complexity index is 790. The molecule has 1 aromatic carbocycles. The molecule has 0 saturated carbocycles. The van der Waals surface area contributed by atoms with Crippen molar-refractivity contribution < 1.29 is 9.69 Å². The molecule has 1 fully saturated rings. The van der Waals surface area contributed by atoms with E-state index in [1.807, 2.05) is 12.1 Å². The van der Waals surface area contributed by atoms with Crippen molar-refractivity contribution in [3.8, 4) is 0 Å². The van der Waals surface area contributed by atoms with Gasteiger partial charge >= 0.3 is 0 Å². The summed E-state index contributed by atoms with van der Waals surface area (Å²) in [6.07, 6.45) is 1.84. The molecule has 2 aromatic rings. The molecule has 1 aromatic heterocycles. The van der Waals surface area contributed by atoms with Crippen LogP contribution in [-0.2, 0) is 0 Å². The second-order valence-electron chi connectivity index (χ2n) is 6.32. The lowest BCUT2D eigenvalue weighted by Gasteiger charge is -2.27. The van der Waals surface area contributed by atoms with Crippen LogP contribution in [0.1, 0.15) is 36.4 Å². The third kappa shape index (κ3) is 3.75. The molecule has 0 aliphatic carbocycles. The zero-order chi connectivity index (χ0) is 17.3. The van der Waals surface area contributed by atoms with E-state index in [4.69, 9.17) is 23.2 Å². The van der Waals surface area contributed by atoms with Gasteiger partial charge in [0.1, 0.15) is 4.88 Å². The number of quaternary nitrogens is 1. The first-order valence-electron chi connectivity index (χ1n) is 8.03. The molecule has 1 aliphatic rings. The molecule has 24 heavy (non-hydrogen) atoms. The molecule has 0 unspecified atom stereocenters. The first-order chi connectivity index (χ1) is 11.5. The summed E-state index contributed by atoms with van der Waals surface area (Å²) >= 11 is 13.7. The van der Waals surface area contributed by atoms with Crippen molar-refractivity contribution in [2.75, 3.05) is 13.1 Å². The van der Waals surface area contributed by atoms with Crippen LogP contribution in [0.3, 0.4) is 0 Å². The van der Waals surface area contributed by atoms with Crippen LogP contribution in [0.25, 0.3) is 10.1 Å². The lowest BCUT2D eigenvalue weighted by Crippen LogP contribution is -3.16. The maximum Gasteiger partial charge on any atom is 0.283 e. The Hall–Kier alpha value is -1.14. The van der Waals surface area contributed by atoms with Gasteiger partial charge in [0.2, 0.25) is 0 Å². The molecule has 4 nitrogen and oxygen atoms in total. The predicted molar refractivity (Wildman–Crippen MR) is 102 cm³/mol. The number of hydrogen-bond donors (Lipinski definition) is 2. The van der Waals surface area contributed by atoms with Gasteiger partial charge in [0.25, 0.3) is 5.91 Å². The van der Waals surface area contributed by atoms with E-state index >= 15 is 0 Å². The third-order valence-corrected chi connectivity index (χ3v) is 6.29. The van der Waals surface area contributed by atoms with Crippen LogP contribution in [0.4, 0.5) is 0 Å². The molecule has 1 amide bonds. The Morgan fingerprint density at radius 3 is 2.67 bits per heavy atom. The monoisotopic (exact) mass is 384 g/mol. The van der Waals surface area contributed by atoms with E-state index in [-0.39, 0.29) is 5.91 Å².